The second kappa shape index (κ2) is 11.4. The maximum absolute atomic E-state index is 6.77. The molecule has 5 heterocycles. The van der Waals surface area contributed by atoms with E-state index in [2.05, 4.69) is 187 Å². The zero-order valence-corrected chi connectivity index (χ0v) is 33.1. The van der Waals surface area contributed by atoms with E-state index in [1.807, 2.05) is 0 Å². The largest absolute Gasteiger partial charge is 0.456 e. The first-order valence-electron chi connectivity index (χ1n) is 21.0. The highest BCUT2D eigenvalue weighted by Gasteiger charge is 2.58. The van der Waals surface area contributed by atoms with Gasteiger partial charge in [-0.3, -0.25) is 0 Å². The molecule has 58 heavy (non-hydrogen) atoms. The molecule has 4 nitrogen and oxygen atoms in total. The van der Waals surface area contributed by atoms with E-state index in [1.54, 1.807) is 0 Å². The molecule has 0 saturated heterocycles. The van der Waals surface area contributed by atoms with E-state index >= 15 is 0 Å². The van der Waals surface area contributed by atoms with Crippen molar-refractivity contribution in [1.29, 1.82) is 0 Å². The van der Waals surface area contributed by atoms with Gasteiger partial charge in [0.05, 0.1) is 22.3 Å². The first kappa shape index (κ1) is 32.6. The Labute approximate surface area is 339 Å². The quantitative estimate of drug-likeness (QED) is 0.168. The molecule has 0 amide bonds. The molecule has 0 spiro atoms. The second-order valence-electron chi connectivity index (χ2n) is 17.6. The molecule has 278 valence electrons. The van der Waals surface area contributed by atoms with Crippen molar-refractivity contribution in [3.8, 4) is 28.1 Å². The average molecular weight is 748 g/mol. The monoisotopic (exact) mass is 747 g/mol. The van der Waals surface area contributed by atoms with E-state index in [1.165, 1.54) is 103 Å². The van der Waals surface area contributed by atoms with Crippen LogP contribution in [0.4, 0.5) is 22.7 Å². The summed E-state index contributed by atoms with van der Waals surface area (Å²) in [4.78, 5) is 5.41. The van der Waals surface area contributed by atoms with Gasteiger partial charge in [-0.25, -0.2) is 0 Å². The van der Waals surface area contributed by atoms with Crippen molar-refractivity contribution in [1.82, 2.24) is 4.57 Å². The lowest BCUT2D eigenvalue weighted by Gasteiger charge is -2.51. The van der Waals surface area contributed by atoms with Gasteiger partial charge in [-0.2, -0.15) is 0 Å². The van der Waals surface area contributed by atoms with Gasteiger partial charge in [0.1, 0.15) is 11.3 Å². The van der Waals surface area contributed by atoms with Crippen molar-refractivity contribution in [3.05, 3.63) is 163 Å². The number of anilines is 4. The fourth-order valence-corrected chi connectivity index (χ4v) is 11.9. The van der Waals surface area contributed by atoms with Gasteiger partial charge in [0, 0.05) is 55.5 Å². The van der Waals surface area contributed by atoms with Crippen LogP contribution in [0.3, 0.4) is 0 Å². The van der Waals surface area contributed by atoms with Crippen molar-refractivity contribution in [2.24, 2.45) is 0 Å². The number of para-hydroxylation sites is 3. The van der Waals surface area contributed by atoms with Crippen LogP contribution < -0.4 is 20.6 Å². The molecule has 7 aromatic carbocycles. The minimum Gasteiger partial charge on any atom is -0.456 e. The van der Waals surface area contributed by atoms with Crippen LogP contribution in [0.15, 0.2) is 156 Å². The van der Waals surface area contributed by atoms with E-state index in [9.17, 15) is 0 Å². The molecular weight excluding hydrogens is 705 g/mol. The first-order valence-corrected chi connectivity index (χ1v) is 21.0. The summed E-state index contributed by atoms with van der Waals surface area (Å²) < 4.78 is 9.38. The molecule has 0 N–H and O–H groups in total. The number of hydrogen-bond donors (Lipinski definition) is 0. The molecule has 9 aromatic rings. The van der Waals surface area contributed by atoms with Crippen LogP contribution in [-0.2, 0) is 5.41 Å². The van der Waals surface area contributed by atoms with Gasteiger partial charge in [0.2, 0.25) is 0 Å². The highest BCUT2D eigenvalue weighted by Crippen LogP contribution is 2.62. The predicted molar refractivity (Wildman–Crippen MR) is 243 cm³/mol. The van der Waals surface area contributed by atoms with E-state index in [0.717, 1.165) is 28.7 Å². The van der Waals surface area contributed by atoms with Crippen LogP contribution in [0.1, 0.15) is 50.7 Å². The summed E-state index contributed by atoms with van der Waals surface area (Å²) in [6.07, 6.45) is 4.85. The zero-order chi connectivity index (χ0) is 38.5. The Kier molecular flexibility index (Phi) is 6.38. The first-order chi connectivity index (χ1) is 28.4. The highest BCUT2D eigenvalue weighted by atomic mass is 16.3. The fourth-order valence-electron chi connectivity index (χ4n) is 11.9. The van der Waals surface area contributed by atoms with Crippen LogP contribution in [0.5, 0.6) is 0 Å². The lowest BCUT2D eigenvalue weighted by atomic mass is 9.44. The summed E-state index contributed by atoms with van der Waals surface area (Å²) in [5.41, 5.74) is 18.8. The summed E-state index contributed by atoms with van der Waals surface area (Å²) in [6.45, 7) is 7.20. The van der Waals surface area contributed by atoms with Crippen molar-refractivity contribution >= 4 is 73.3 Å². The minimum absolute atomic E-state index is 0.0398. The van der Waals surface area contributed by atoms with E-state index in [4.69, 9.17) is 4.42 Å². The Bertz CT molecular complexity index is 3200. The maximum atomic E-state index is 6.77. The molecule has 4 aliphatic rings. The Morgan fingerprint density at radius 2 is 1.38 bits per heavy atom. The fraction of sp³-hybridized carbons (Fsp3) is 0.170. The van der Waals surface area contributed by atoms with E-state index < -0.39 is 0 Å². The number of hydrogen-bond acceptors (Lipinski definition) is 3. The summed E-state index contributed by atoms with van der Waals surface area (Å²) in [5.74, 6) is 0.891. The minimum atomic E-state index is -0.0907. The van der Waals surface area contributed by atoms with Gasteiger partial charge < -0.3 is 18.7 Å². The van der Waals surface area contributed by atoms with Crippen LogP contribution in [0, 0.1) is 6.92 Å². The second-order valence-corrected chi connectivity index (χ2v) is 17.6. The summed E-state index contributed by atoms with van der Waals surface area (Å²) in [7, 11) is 0. The Hall–Kier alpha value is -6.46. The lowest BCUT2D eigenvalue weighted by Crippen LogP contribution is -2.60. The van der Waals surface area contributed by atoms with Crippen LogP contribution in [-0.4, -0.2) is 17.0 Å². The molecule has 1 saturated carbocycles. The number of furan rings is 1. The van der Waals surface area contributed by atoms with Crippen molar-refractivity contribution in [3.63, 3.8) is 0 Å². The molecule has 5 heteroatoms. The molecule has 0 bridgehead atoms. The standard InChI is InChI=1S/C53H42BN3O/c1-33-23-25-36(26-24-33)57-43-21-11-7-17-37(43)39-31-46(56-44-22-12-9-19-40(44)52(2)27-13-14-28-53(52,56)3)49-38-18-8-10-20-42(38)55-45-29-35-30-47(34-15-5-4-6-16-34)58-48(35)32-41(45)54(57)50(39)51(49)55/h4-12,15-26,29-32H,13-14,27-28H2,1-3H3. The van der Waals surface area contributed by atoms with Crippen molar-refractivity contribution in [2.45, 2.75) is 57.4 Å². The highest BCUT2D eigenvalue weighted by molar-refractivity contribution is 6.94. The number of aryl methyl sites for hydroxylation is 1. The number of aromatic nitrogens is 1. The Morgan fingerprint density at radius 3 is 2.24 bits per heavy atom. The molecule has 1 aliphatic carbocycles. The van der Waals surface area contributed by atoms with Crippen LogP contribution in [0.2, 0.25) is 0 Å². The maximum Gasteiger partial charge on any atom is 0.333 e. The van der Waals surface area contributed by atoms with Crippen LogP contribution in [0.25, 0.3) is 60.9 Å². The molecule has 3 aliphatic heterocycles. The number of benzene rings is 7. The smallest absolute Gasteiger partial charge is 0.333 e. The lowest BCUT2D eigenvalue weighted by molar-refractivity contribution is 0.195. The van der Waals surface area contributed by atoms with Gasteiger partial charge in [-0.1, -0.05) is 122 Å². The number of fused-ring (bicyclic) bond motifs is 12. The molecule has 0 radical (unpaired) electrons. The molecule has 2 unspecified atom stereocenters. The van der Waals surface area contributed by atoms with Gasteiger partial charge in [-0.15, -0.1) is 0 Å². The predicted octanol–water partition coefficient (Wildman–Crippen LogP) is 12.5. The third-order valence-electron chi connectivity index (χ3n) is 14.8. The van der Waals surface area contributed by atoms with Gasteiger partial charge >= 0.3 is 6.85 Å². The van der Waals surface area contributed by atoms with Gasteiger partial charge in [-0.05, 0) is 103 Å². The number of nitrogens with zero attached hydrogens (tertiary/aromatic N) is 3. The molecular formula is C53H42BN3O. The van der Waals surface area contributed by atoms with E-state index in [-0.39, 0.29) is 17.8 Å². The van der Waals surface area contributed by atoms with Gasteiger partial charge in [0.25, 0.3) is 0 Å². The topological polar surface area (TPSA) is 24.6 Å². The third kappa shape index (κ3) is 4.01. The normalized spacial score (nSPS) is 20.1. The molecule has 1 fully saturated rings. The Morgan fingerprint density at radius 1 is 0.638 bits per heavy atom. The van der Waals surface area contributed by atoms with E-state index in [0.29, 0.717) is 0 Å². The SMILES string of the molecule is Cc1ccc(N2B3c4cc5oc(-c6ccccc6)cc5cc4-n4c5ccccc5c5c(N6c7ccccc7C7(C)CCCCC67C)cc(c3c54)-c3ccccc32)cc1. The van der Waals surface area contributed by atoms with Gasteiger partial charge in [0.15, 0.2) is 0 Å². The molecule has 13 rings (SSSR count). The molecule has 2 aromatic heterocycles. The molecule has 2 atom stereocenters. The number of rotatable bonds is 3. The summed E-state index contributed by atoms with van der Waals surface area (Å²) >= 11 is 0. The van der Waals surface area contributed by atoms with Crippen molar-refractivity contribution in [2.75, 3.05) is 9.71 Å². The summed E-state index contributed by atoms with van der Waals surface area (Å²) in [6, 6.07) is 56.8. The average Bonchev–Trinajstić information content (AvgIpc) is 3.90. The van der Waals surface area contributed by atoms with Crippen molar-refractivity contribution < 1.29 is 4.42 Å². The third-order valence-corrected chi connectivity index (χ3v) is 14.8. The Balaban J connectivity index is 1.20. The van der Waals surface area contributed by atoms with Crippen LogP contribution >= 0.6 is 0 Å². The summed E-state index contributed by atoms with van der Waals surface area (Å²) in [5, 5.41) is 3.75. The zero-order valence-electron chi connectivity index (χ0n) is 33.1.